The fourth-order valence-electron chi connectivity index (χ4n) is 1.39. The van der Waals surface area contributed by atoms with Crippen LogP contribution in [0.2, 0.25) is 0 Å². The lowest BCUT2D eigenvalue weighted by Gasteiger charge is -1.98. The third kappa shape index (κ3) is 4.87. The number of allylic oxidation sites excluding steroid dienone is 7. The van der Waals surface area contributed by atoms with Crippen LogP contribution in [0.15, 0.2) is 64.1 Å². The average molecular weight is 243 g/mol. The lowest BCUT2D eigenvalue weighted by Crippen LogP contribution is -1.98. The van der Waals surface area contributed by atoms with Gasteiger partial charge in [-0.15, -0.1) is 0 Å². The van der Waals surface area contributed by atoms with Crippen LogP contribution >= 0.6 is 0 Å². The second kappa shape index (κ2) is 7.33. The minimum atomic E-state index is 0.727. The van der Waals surface area contributed by atoms with Crippen LogP contribution in [0, 0.1) is 0 Å². The highest BCUT2D eigenvalue weighted by atomic mass is 14.7. The van der Waals surface area contributed by atoms with Crippen LogP contribution in [0.5, 0.6) is 0 Å². The van der Waals surface area contributed by atoms with Crippen LogP contribution in [-0.2, 0) is 0 Å². The fraction of sp³-hybridized carbons (Fsp3) is 0.267. The molecule has 0 aromatic heterocycles. The predicted octanol–water partition coefficient (Wildman–Crippen LogP) is 2.94. The van der Waals surface area contributed by atoms with Gasteiger partial charge in [-0.3, -0.25) is 4.99 Å². The minimum Gasteiger partial charge on any atom is -0.399 e. The SMILES string of the molecule is C/C=C(C)\C(N)=C/CC=NC1=CCC=C(N)C=C1. The summed E-state index contributed by atoms with van der Waals surface area (Å²) in [7, 11) is 0. The van der Waals surface area contributed by atoms with Gasteiger partial charge in [0.15, 0.2) is 0 Å². The second-order valence-electron chi connectivity index (χ2n) is 4.08. The molecule has 0 saturated heterocycles. The Balaban J connectivity index is 2.52. The van der Waals surface area contributed by atoms with Gasteiger partial charge >= 0.3 is 0 Å². The van der Waals surface area contributed by atoms with Gasteiger partial charge in [0.05, 0.1) is 5.70 Å². The Kier molecular flexibility index (Phi) is 5.71. The molecule has 3 nitrogen and oxygen atoms in total. The third-order valence-corrected chi connectivity index (χ3v) is 2.70. The van der Waals surface area contributed by atoms with Gasteiger partial charge in [-0.1, -0.05) is 24.3 Å². The summed E-state index contributed by atoms with van der Waals surface area (Å²) in [4.78, 5) is 4.38. The van der Waals surface area contributed by atoms with E-state index in [1.165, 1.54) is 0 Å². The summed E-state index contributed by atoms with van der Waals surface area (Å²) < 4.78 is 0. The third-order valence-electron chi connectivity index (χ3n) is 2.70. The molecule has 0 aromatic carbocycles. The first-order valence-electron chi connectivity index (χ1n) is 6.08. The fourth-order valence-corrected chi connectivity index (χ4v) is 1.39. The van der Waals surface area contributed by atoms with Crippen molar-refractivity contribution in [3.63, 3.8) is 0 Å². The van der Waals surface area contributed by atoms with Crippen molar-refractivity contribution in [3.8, 4) is 0 Å². The van der Waals surface area contributed by atoms with Gasteiger partial charge in [0.1, 0.15) is 0 Å². The Labute approximate surface area is 109 Å². The molecular weight excluding hydrogens is 222 g/mol. The van der Waals surface area contributed by atoms with Gasteiger partial charge in [-0.05, 0) is 38.0 Å². The minimum absolute atomic E-state index is 0.727. The molecule has 1 aliphatic carbocycles. The van der Waals surface area contributed by atoms with E-state index in [-0.39, 0.29) is 0 Å². The first-order chi connectivity index (χ1) is 8.63. The van der Waals surface area contributed by atoms with Crippen LogP contribution in [0.1, 0.15) is 26.7 Å². The smallest absolute Gasteiger partial charge is 0.0589 e. The van der Waals surface area contributed by atoms with Crippen LogP contribution in [0.3, 0.4) is 0 Å². The molecule has 0 radical (unpaired) electrons. The van der Waals surface area contributed by atoms with Crippen molar-refractivity contribution in [2.75, 3.05) is 0 Å². The molecule has 0 unspecified atom stereocenters. The summed E-state index contributed by atoms with van der Waals surface area (Å²) in [5.41, 5.74) is 15.2. The largest absolute Gasteiger partial charge is 0.399 e. The zero-order valence-corrected chi connectivity index (χ0v) is 11.1. The maximum absolute atomic E-state index is 5.87. The van der Waals surface area contributed by atoms with Crippen molar-refractivity contribution >= 4 is 6.21 Å². The molecule has 1 rings (SSSR count). The zero-order chi connectivity index (χ0) is 13.4. The zero-order valence-electron chi connectivity index (χ0n) is 11.1. The summed E-state index contributed by atoms with van der Waals surface area (Å²) in [5.74, 6) is 0. The number of hydrogen-bond acceptors (Lipinski definition) is 3. The van der Waals surface area contributed by atoms with Crippen molar-refractivity contribution in [1.82, 2.24) is 0 Å². The van der Waals surface area contributed by atoms with Gasteiger partial charge < -0.3 is 11.5 Å². The Bertz CT molecular complexity index is 460. The van der Waals surface area contributed by atoms with Gasteiger partial charge in [0.2, 0.25) is 0 Å². The summed E-state index contributed by atoms with van der Waals surface area (Å²) in [5, 5.41) is 0. The van der Waals surface area contributed by atoms with E-state index in [9.17, 15) is 0 Å². The number of nitrogens with two attached hydrogens (primary N) is 2. The molecule has 0 saturated carbocycles. The van der Waals surface area contributed by atoms with Crippen LogP contribution in [0.25, 0.3) is 0 Å². The summed E-state index contributed by atoms with van der Waals surface area (Å²) in [6.45, 7) is 3.97. The van der Waals surface area contributed by atoms with Crippen molar-refractivity contribution in [3.05, 3.63) is 59.1 Å². The standard InChI is InChI=1S/C15H21N3/c1-3-12(2)15(17)8-5-11-18-14-7-4-6-13(16)9-10-14/h3,6-11H,4-5,16-17H2,1-2H3/b12-3-,15-8+,18-11?. The topological polar surface area (TPSA) is 64.4 Å². The molecule has 18 heavy (non-hydrogen) atoms. The Morgan fingerprint density at radius 1 is 1.39 bits per heavy atom. The quantitative estimate of drug-likeness (QED) is 0.589. The van der Waals surface area contributed by atoms with E-state index < -0.39 is 0 Å². The molecule has 0 fully saturated rings. The molecular formula is C15H21N3. The highest BCUT2D eigenvalue weighted by Crippen LogP contribution is 2.08. The normalized spacial score (nSPS) is 17.7. The molecule has 0 aromatic rings. The molecule has 0 spiro atoms. The van der Waals surface area contributed by atoms with E-state index >= 15 is 0 Å². The Morgan fingerprint density at radius 3 is 2.89 bits per heavy atom. The van der Waals surface area contributed by atoms with Gasteiger partial charge in [0.25, 0.3) is 0 Å². The van der Waals surface area contributed by atoms with Gasteiger partial charge in [-0.2, -0.15) is 0 Å². The van der Waals surface area contributed by atoms with Crippen molar-refractivity contribution < 1.29 is 0 Å². The van der Waals surface area contributed by atoms with Crippen LogP contribution in [-0.4, -0.2) is 6.21 Å². The molecule has 1 aliphatic rings. The highest BCUT2D eigenvalue weighted by molar-refractivity contribution is 5.62. The number of rotatable bonds is 4. The van der Waals surface area contributed by atoms with E-state index in [0.717, 1.165) is 35.5 Å². The molecule has 3 heteroatoms. The van der Waals surface area contributed by atoms with Crippen molar-refractivity contribution in [1.29, 1.82) is 0 Å². The molecule has 4 N–H and O–H groups in total. The average Bonchev–Trinajstić information content (AvgIpc) is 2.58. The first kappa shape index (κ1) is 14.0. The van der Waals surface area contributed by atoms with Crippen molar-refractivity contribution in [2.45, 2.75) is 26.7 Å². The van der Waals surface area contributed by atoms with E-state index in [1.54, 1.807) is 0 Å². The van der Waals surface area contributed by atoms with Gasteiger partial charge in [-0.25, -0.2) is 0 Å². The van der Waals surface area contributed by atoms with E-state index in [4.69, 9.17) is 11.5 Å². The molecule has 0 aliphatic heterocycles. The highest BCUT2D eigenvalue weighted by Gasteiger charge is 1.93. The maximum Gasteiger partial charge on any atom is 0.0589 e. The van der Waals surface area contributed by atoms with E-state index in [0.29, 0.717) is 0 Å². The Morgan fingerprint density at radius 2 is 2.17 bits per heavy atom. The summed E-state index contributed by atoms with van der Waals surface area (Å²) in [6, 6.07) is 0. The molecule has 0 atom stereocenters. The number of hydrogen-bond donors (Lipinski definition) is 2. The number of nitrogens with zero attached hydrogens (tertiary/aromatic N) is 1. The molecule has 0 amide bonds. The second-order valence-corrected chi connectivity index (χ2v) is 4.08. The van der Waals surface area contributed by atoms with Crippen LogP contribution < -0.4 is 11.5 Å². The molecule has 0 heterocycles. The van der Waals surface area contributed by atoms with Crippen molar-refractivity contribution in [2.24, 2.45) is 16.5 Å². The lowest BCUT2D eigenvalue weighted by molar-refractivity contribution is 1.24. The van der Waals surface area contributed by atoms with Crippen LogP contribution in [0.4, 0.5) is 0 Å². The predicted molar refractivity (Wildman–Crippen MR) is 78.9 cm³/mol. The van der Waals surface area contributed by atoms with Gasteiger partial charge in [0, 0.05) is 24.0 Å². The molecule has 96 valence electrons. The summed E-state index contributed by atoms with van der Waals surface area (Å²) in [6.07, 6.45) is 15.1. The monoisotopic (exact) mass is 243 g/mol. The first-order valence-corrected chi connectivity index (χ1v) is 6.08. The summed E-state index contributed by atoms with van der Waals surface area (Å²) >= 11 is 0. The number of aliphatic imine (C=N–C) groups is 1. The maximum atomic E-state index is 5.87. The van der Waals surface area contributed by atoms with E-state index in [2.05, 4.69) is 4.99 Å². The Hall–Kier alpha value is -2.03. The van der Waals surface area contributed by atoms with E-state index in [1.807, 2.05) is 56.5 Å². The lowest BCUT2D eigenvalue weighted by atomic mass is 10.2. The molecule has 0 bridgehead atoms.